The van der Waals surface area contributed by atoms with Crippen molar-refractivity contribution in [3.8, 4) is 0 Å². The minimum Gasteiger partial charge on any atom is -0.511 e. The van der Waals surface area contributed by atoms with Gasteiger partial charge < -0.3 is 9.59 Å². The van der Waals surface area contributed by atoms with Crippen LogP contribution in [0.25, 0.3) is 0 Å². The topological polar surface area (TPSA) is 57.5 Å². The van der Waals surface area contributed by atoms with Crippen LogP contribution in [-0.4, -0.2) is 41.8 Å². The van der Waals surface area contributed by atoms with Gasteiger partial charge in [-0.2, -0.15) is 0 Å². The van der Waals surface area contributed by atoms with E-state index in [0.717, 1.165) is 0 Å². The molecule has 0 aliphatic rings. The summed E-state index contributed by atoms with van der Waals surface area (Å²) in [6.07, 6.45) is 0. The first-order valence-electron chi connectivity index (χ1n) is 0.651. The van der Waals surface area contributed by atoms with Crippen LogP contribution in [0.2, 0.25) is 0 Å². The molecular weight excluding hydrogens is 241 g/mol. The SMILES string of the molecule is O=[Si](O)O.[Ce].[MgH2]. The van der Waals surface area contributed by atoms with Gasteiger partial charge in [-0.25, -0.2) is 0 Å². The molecule has 0 saturated heterocycles. The maximum atomic E-state index is 8.74. The van der Waals surface area contributed by atoms with E-state index in [1.165, 1.54) is 0 Å². The third-order valence-electron chi connectivity index (χ3n) is 0. The summed E-state index contributed by atoms with van der Waals surface area (Å²) in [6.45, 7) is 0. The summed E-state index contributed by atoms with van der Waals surface area (Å²) in [5, 5.41) is 0. The first kappa shape index (κ1) is 15.7. The average Bonchev–Trinajstić information content (AvgIpc) is 0.811. The van der Waals surface area contributed by atoms with Crippen LogP contribution in [0.15, 0.2) is 0 Å². The number of rotatable bonds is 0. The van der Waals surface area contributed by atoms with Crippen molar-refractivity contribution in [3.63, 3.8) is 0 Å². The van der Waals surface area contributed by atoms with Crippen LogP contribution in [0.5, 0.6) is 0 Å². The van der Waals surface area contributed by atoms with Crippen LogP contribution in [0, 0.1) is 41.7 Å². The van der Waals surface area contributed by atoms with Crippen molar-refractivity contribution in [2.75, 3.05) is 0 Å². The van der Waals surface area contributed by atoms with Gasteiger partial charge in [-0.05, 0) is 0 Å². The van der Waals surface area contributed by atoms with Crippen molar-refractivity contribution in [1.82, 2.24) is 0 Å². The predicted octanol–water partition coefficient (Wildman–Crippen LogP) is -2.53. The molecule has 0 heterocycles. The molecule has 0 unspecified atom stereocenters. The Morgan fingerprint density at radius 1 is 1.33 bits per heavy atom. The zero-order valence-corrected chi connectivity index (χ0v) is 6.44. The second-order valence-electron chi connectivity index (χ2n) is 0.283. The third kappa shape index (κ3) is 42.1. The van der Waals surface area contributed by atoms with Gasteiger partial charge in [0.2, 0.25) is 0 Å². The standard InChI is InChI=1S/Ce.Mg.H2O3Si.2H/c;;1-4(2)3;;/h;;1-2H;;. The van der Waals surface area contributed by atoms with Crippen molar-refractivity contribution in [2.45, 2.75) is 0 Å². The molecule has 0 rings (SSSR count). The predicted molar refractivity (Wildman–Crippen MR) is 19.4 cm³/mol. The molecule has 6 heteroatoms. The van der Waals surface area contributed by atoms with Crippen LogP contribution in [-0.2, 0) is 4.46 Å². The molecule has 6 heavy (non-hydrogen) atoms. The molecule has 0 aliphatic heterocycles. The van der Waals surface area contributed by atoms with Crippen molar-refractivity contribution in [2.24, 2.45) is 0 Å². The fourth-order valence-corrected chi connectivity index (χ4v) is 0. The number of hydrogen-bond acceptors (Lipinski definition) is 1. The molecule has 0 atom stereocenters. The molecule has 2 N–H and O–H groups in total. The molecule has 0 amide bonds. The summed E-state index contributed by atoms with van der Waals surface area (Å²) in [7, 11) is -3.13. The fraction of sp³-hybridized carbons (Fsp3) is 0. The second-order valence-corrected chi connectivity index (χ2v) is 0.848. The summed E-state index contributed by atoms with van der Waals surface area (Å²) in [6, 6.07) is 0. The maximum absolute atomic E-state index is 8.74. The van der Waals surface area contributed by atoms with Gasteiger partial charge in [-0.1, -0.05) is 0 Å². The Morgan fingerprint density at radius 3 is 1.33 bits per heavy atom. The van der Waals surface area contributed by atoms with Crippen LogP contribution in [0.3, 0.4) is 0 Å². The van der Waals surface area contributed by atoms with Crippen LogP contribution < -0.4 is 0 Å². The Hall–Kier alpha value is 1.76. The first-order valence-corrected chi connectivity index (χ1v) is 1.95. The first-order chi connectivity index (χ1) is 1.73. The Morgan fingerprint density at radius 2 is 1.33 bits per heavy atom. The zero-order valence-electron chi connectivity index (χ0n) is 2.30. The molecule has 0 spiro atoms. The van der Waals surface area contributed by atoms with E-state index in [1.54, 1.807) is 0 Å². The van der Waals surface area contributed by atoms with Crippen molar-refractivity contribution in [3.05, 3.63) is 0 Å². The summed E-state index contributed by atoms with van der Waals surface area (Å²) in [5.74, 6) is 0. The van der Waals surface area contributed by atoms with E-state index in [0.29, 0.717) is 0 Å². The molecule has 0 saturated carbocycles. The molecule has 0 aliphatic carbocycles. The smallest absolute Gasteiger partial charge is 0.511 e. The Labute approximate surface area is 86.6 Å². The molecule has 0 aromatic heterocycles. The fourth-order valence-electron chi connectivity index (χ4n) is 0. The van der Waals surface area contributed by atoms with Crippen molar-refractivity contribution in [1.29, 1.82) is 0 Å². The average molecular weight is 245 g/mol. The van der Waals surface area contributed by atoms with Gasteiger partial charge in [0.15, 0.2) is 0 Å². The minimum absolute atomic E-state index is 0. The van der Waals surface area contributed by atoms with Gasteiger partial charge in [0.05, 0.1) is 0 Å². The van der Waals surface area contributed by atoms with Gasteiger partial charge in [0.25, 0.3) is 0 Å². The van der Waals surface area contributed by atoms with E-state index in [1.807, 2.05) is 0 Å². The third-order valence-corrected chi connectivity index (χ3v) is 0. The molecule has 0 bridgehead atoms. The van der Waals surface area contributed by atoms with E-state index in [9.17, 15) is 0 Å². The molecular formula is H4CeMgO3Si. The van der Waals surface area contributed by atoms with Crippen LogP contribution in [0.1, 0.15) is 0 Å². The van der Waals surface area contributed by atoms with E-state index < -0.39 is 9.17 Å². The largest absolute Gasteiger partial charge is 0.761 e. The molecule has 32 valence electrons. The van der Waals surface area contributed by atoms with Crippen LogP contribution >= 0.6 is 0 Å². The minimum atomic E-state index is -3.13. The maximum Gasteiger partial charge on any atom is 0.761 e. The van der Waals surface area contributed by atoms with Gasteiger partial charge in [-0.3, -0.25) is 4.46 Å². The van der Waals surface area contributed by atoms with Gasteiger partial charge in [0, 0.05) is 41.7 Å². The Kier molecular flexibility index (Phi) is 25.8. The Bertz CT molecular complexity index is 33.8. The van der Waals surface area contributed by atoms with Crippen molar-refractivity contribution < 1.29 is 55.8 Å². The molecule has 0 aromatic carbocycles. The normalized spacial score (nSPS) is 4.00. The summed E-state index contributed by atoms with van der Waals surface area (Å²) < 4.78 is 8.74. The van der Waals surface area contributed by atoms with E-state index in [2.05, 4.69) is 0 Å². The second kappa shape index (κ2) is 9.90. The van der Waals surface area contributed by atoms with E-state index >= 15 is 0 Å². The van der Waals surface area contributed by atoms with Gasteiger partial charge in [-0.15, -0.1) is 0 Å². The monoisotopic (exact) mass is 244 g/mol. The summed E-state index contributed by atoms with van der Waals surface area (Å²) in [5.41, 5.74) is 0. The summed E-state index contributed by atoms with van der Waals surface area (Å²) in [4.78, 5) is 14.3. The summed E-state index contributed by atoms with van der Waals surface area (Å²) >= 11 is 0. The van der Waals surface area contributed by atoms with Crippen LogP contribution in [0.4, 0.5) is 0 Å². The van der Waals surface area contributed by atoms with E-state index in [4.69, 9.17) is 14.1 Å². The molecule has 0 fully saturated rings. The van der Waals surface area contributed by atoms with E-state index in [-0.39, 0.29) is 64.8 Å². The zero-order chi connectivity index (χ0) is 3.58. The molecule has 0 radical (unpaired) electrons. The molecule has 0 aromatic rings. The van der Waals surface area contributed by atoms with Crippen molar-refractivity contribution >= 4 is 32.2 Å². The number of hydrogen-bond donors (Lipinski definition) is 2. The quantitative estimate of drug-likeness (QED) is 0.462. The Balaban J connectivity index is -0.0000000450. The van der Waals surface area contributed by atoms with Gasteiger partial charge in [0.1, 0.15) is 0 Å². The van der Waals surface area contributed by atoms with Gasteiger partial charge >= 0.3 is 32.2 Å². The molecule has 3 nitrogen and oxygen atoms in total.